The third-order valence-electron chi connectivity index (χ3n) is 5.38. The zero-order valence-electron chi connectivity index (χ0n) is 17.0. The lowest BCUT2D eigenvalue weighted by Crippen LogP contribution is -2.27. The van der Waals surface area contributed by atoms with Gasteiger partial charge in [-0.05, 0) is 48.2 Å². The molecule has 164 valence electrons. The van der Waals surface area contributed by atoms with Crippen molar-refractivity contribution in [3.05, 3.63) is 105 Å². The SMILES string of the molecule is O=C1S/C(=C\c2cn(Cc3c(F)cccc3Cl)c3ccccc23)C(=O)N1c1ccccc1Cl. The Morgan fingerprint density at radius 2 is 1.64 bits per heavy atom. The van der Waals surface area contributed by atoms with Crippen molar-refractivity contribution in [2.75, 3.05) is 4.90 Å². The van der Waals surface area contributed by atoms with E-state index in [9.17, 15) is 14.0 Å². The highest BCUT2D eigenvalue weighted by Crippen LogP contribution is 2.39. The van der Waals surface area contributed by atoms with Gasteiger partial charge >= 0.3 is 0 Å². The Morgan fingerprint density at radius 1 is 0.909 bits per heavy atom. The number of thioether (sulfide) groups is 1. The van der Waals surface area contributed by atoms with Crippen molar-refractivity contribution in [3.8, 4) is 0 Å². The van der Waals surface area contributed by atoms with Crippen molar-refractivity contribution >= 4 is 68.8 Å². The van der Waals surface area contributed by atoms with Gasteiger partial charge in [0.1, 0.15) is 5.82 Å². The first kappa shape index (κ1) is 21.8. The Balaban J connectivity index is 1.56. The summed E-state index contributed by atoms with van der Waals surface area (Å²) in [4.78, 5) is 27.1. The Bertz CT molecular complexity index is 1440. The van der Waals surface area contributed by atoms with Crippen molar-refractivity contribution in [1.29, 1.82) is 0 Å². The Morgan fingerprint density at radius 3 is 2.42 bits per heavy atom. The van der Waals surface area contributed by atoms with Crippen LogP contribution in [0.5, 0.6) is 0 Å². The largest absolute Gasteiger partial charge is 0.342 e. The van der Waals surface area contributed by atoms with Gasteiger partial charge in [-0.3, -0.25) is 9.59 Å². The minimum Gasteiger partial charge on any atom is -0.342 e. The fourth-order valence-corrected chi connectivity index (χ4v) is 5.09. The number of hydrogen-bond acceptors (Lipinski definition) is 3. The lowest BCUT2D eigenvalue weighted by Gasteiger charge is -2.13. The summed E-state index contributed by atoms with van der Waals surface area (Å²) in [6.45, 7) is 0.223. The van der Waals surface area contributed by atoms with E-state index >= 15 is 0 Å². The van der Waals surface area contributed by atoms with Gasteiger partial charge in [0, 0.05) is 33.2 Å². The molecule has 1 saturated heterocycles. The van der Waals surface area contributed by atoms with Crippen LogP contribution in [0, 0.1) is 5.82 Å². The molecule has 4 nitrogen and oxygen atoms in total. The highest BCUT2D eigenvalue weighted by molar-refractivity contribution is 8.19. The Kier molecular flexibility index (Phi) is 5.74. The van der Waals surface area contributed by atoms with Gasteiger partial charge in [0.15, 0.2) is 0 Å². The molecule has 2 amide bonds. The van der Waals surface area contributed by atoms with Crippen LogP contribution in [0.4, 0.5) is 14.9 Å². The number of aromatic nitrogens is 1. The van der Waals surface area contributed by atoms with Crippen molar-refractivity contribution in [1.82, 2.24) is 4.57 Å². The lowest BCUT2D eigenvalue weighted by molar-refractivity contribution is -0.113. The minimum atomic E-state index is -0.438. The van der Waals surface area contributed by atoms with Crippen LogP contribution < -0.4 is 4.90 Å². The molecule has 1 aliphatic rings. The normalized spacial score (nSPS) is 15.2. The molecule has 0 radical (unpaired) electrons. The molecule has 0 bridgehead atoms. The maximum atomic E-state index is 14.4. The topological polar surface area (TPSA) is 42.3 Å². The summed E-state index contributed by atoms with van der Waals surface area (Å²) in [6.07, 6.45) is 3.51. The van der Waals surface area contributed by atoms with Gasteiger partial charge in [0.2, 0.25) is 0 Å². The van der Waals surface area contributed by atoms with Crippen molar-refractivity contribution in [3.63, 3.8) is 0 Å². The third kappa shape index (κ3) is 3.95. The molecule has 1 aliphatic heterocycles. The summed E-state index contributed by atoms with van der Waals surface area (Å²) < 4.78 is 16.3. The summed E-state index contributed by atoms with van der Waals surface area (Å²) in [5, 5.41) is 1.12. The average molecular weight is 497 g/mol. The number of hydrogen-bond donors (Lipinski definition) is 0. The maximum absolute atomic E-state index is 14.4. The van der Waals surface area contributed by atoms with Gasteiger partial charge in [-0.25, -0.2) is 9.29 Å². The van der Waals surface area contributed by atoms with Crippen LogP contribution in [0.2, 0.25) is 10.0 Å². The number of benzene rings is 3. The predicted molar refractivity (Wildman–Crippen MR) is 132 cm³/mol. The number of anilines is 1. The van der Waals surface area contributed by atoms with Crippen molar-refractivity contribution in [2.24, 2.45) is 0 Å². The van der Waals surface area contributed by atoms with E-state index in [-0.39, 0.29) is 17.3 Å². The zero-order valence-corrected chi connectivity index (χ0v) is 19.3. The van der Waals surface area contributed by atoms with Crippen LogP contribution in [0.25, 0.3) is 17.0 Å². The number of halogens is 3. The van der Waals surface area contributed by atoms with Crippen LogP contribution in [0.15, 0.2) is 77.8 Å². The number of carbonyl (C=O) groups excluding carboxylic acids is 2. The molecule has 4 aromatic rings. The van der Waals surface area contributed by atoms with Gasteiger partial charge in [0.05, 0.1) is 22.2 Å². The predicted octanol–water partition coefficient (Wildman–Crippen LogP) is 7.38. The molecule has 0 aliphatic carbocycles. The first-order valence-corrected chi connectivity index (χ1v) is 11.5. The van der Waals surface area contributed by atoms with Crippen LogP contribution in [0.3, 0.4) is 0 Å². The maximum Gasteiger partial charge on any atom is 0.298 e. The quantitative estimate of drug-likeness (QED) is 0.277. The standard InChI is InChI=1S/C25H15Cl2FN2O2S/c26-18-8-5-9-20(28)17(18)14-29-13-15(16-6-1-3-10-21(16)29)12-23-24(31)30(25(32)33-23)22-11-4-2-7-19(22)27/h1-13H,14H2/b23-12-. The van der Waals surface area contributed by atoms with Crippen LogP contribution in [0.1, 0.15) is 11.1 Å². The van der Waals surface area contributed by atoms with Gasteiger partial charge in [-0.1, -0.05) is 59.6 Å². The third-order valence-corrected chi connectivity index (χ3v) is 6.93. The molecule has 8 heteroatoms. The molecule has 5 rings (SSSR count). The van der Waals surface area contributed by atoms with Gasteiger partial charge in [-0.2, -0.15) is 0 Å². The minimum absolute atomic E-state index is 0.223. The Hall–Kier alpha value is -3.06. The molecule has 1 fully saturated rings. The number of nitrogens with zero attached hydrogens (tertiary/aromatic N) is 2. The summed E-state index contributed by atoms with van der Waals surface area (Å²) in [5.41, 5.74) is 2.32. The fourth-order valence-electron chi connectivity index (χ4n) is 3.82. The molecule has 33 heavy (non-hydrogen) atoms. The molecular formula is C25H15Cl2FN2O2S. The van der Waals surface area contributed by atoms with E-state index in [1.54, 1.807) is 42.5 Å². The summed E-state index contributed by atoms with van der Waals surface area (Å²) in [6, 6.07) is 18.9. The van der Waals surface area contributed by atoms with Gasteiger partial charge < -0.3 is 4.57 Å². The van der Waals surface area contributed by atoms with Crippen molar-refractivity contribution < 1.29 is 14.0 Å². The van der Waals surface area contributed by atoms with E-state index in [4.69, 9.17) is 23.2 Å². The molecular weight excluding hydrogens is 482 g/mol. The number of fused-ring (bicyclic) bond motifs is 1. The van der Waals surface area contributed by atoms with E-state index in [0.29, 0.717) is 21.3 Å². The molecule has 3 aromatic carbocycles. The van der Waals surface area contributed by atoms with E-state index < -0.39 is 11.1 Å². The molecule has 1 aromatic heterocycles. The summed E-state index contributed by atoms with van der Waals surface area (Å²) in [7, 11) is 0. The van der Waals surface area contributed by atoms with Gasteiger partial charge in [0.25, 0.3) is 11.1 Å². The second kappa shape index (κ2) is 8.71. The smallest absolute Gasteiger partial charge is 0.298 e. The summed E-state index contributed by atoms with van der Waals surface area (Å²) in [5.74, 6) is -0.824. The molecule has 0 spiro atoms. The monoisotopic (exact) mass is 496 g/mol. The second-order valence-corrected chi connectivity index (χ2v) is 9.21. The van der Waals surface area contributed by atoms with E-state index in [1.807, 2.05) is 35.0 Å². The number of amides is 2. The number of para-hydroxylation sites is 2. The molecule has 0 N–H and O–H groups in total. The first-order valence-electron chi connectivity index (χ1n) is 9.97. The molecule has 0 atom stereocenters. The second-order valence-electron chi connectivity index (χ2n) is 7.40. The molecule has 0 unspecified atom stereocenters. The van der Waals surface area contributed by atoms with E-state index in [0.717, 1.165) is 33.1 Å². The lowest BCUT2D eigenvalue weighted by atomic mass is 10.1. The molecule has 2 heterocycles. The van der Waals surface area contributed by atoms with Crippen LogP contribution >= 0.6 is 35.0 Å². The van der Waals surface area contributed by atoms with E-state index in [1.165, 1.54) is 6.07 Å². The first-order chi connectivity index (χ1) is 15.9. The van der Waals surface area contributed by atoms with Gasteiger partial charge in [-0.15, -0.1) is 0 Å². The number of carbonyl (C=O) groups is 2. The highest BCUT2D eigenvalue weighted by atomic mass is 35.5. The van der Waals surface area contributed by atoms with Crippen LogP contribution in [-0.2, 0) is 11.3 Å². The molecule has 0 saturated carbocycles. The fraction of sp³-hybridized carbons (Fsp3) is 0.0400. The van der Waals surface area contributed by atoms with E-state index in [2.05, 4.69) is 0 Å². The van der Waals surface area contributed by atoms with Crippen molar-refractivity contribution in [2.45, 2.75) is 6.54 Å². The van der Waals surface area contributed by atoms with Crippen LogP contribution in [-0.4, -0.2) is 15.7 Å². The average Bonchev–Trinajstić information content (AvgIpc) is 3.28. The zero-order chi connectivity index (χ0) is 23.1. The number of imide groups is 1. The highest BCUT2D eigenvalue weighted by Gasteiger charge is 2.37. The number of rotatable bonds is 4. The Labute approximate surface area is 203 Å². The summed E-state index contributed by atoms with van der Waals surface area (Å²) >= 11 is 13.3.